The van der Waals surface area contributed by atoms with E-state index in [1.165, 1.54) is 0 Å². The van der Waals surface area contributed by atoms with Crippen LogP contribution in [-0.4, -0.2) is 11.7 Å². The average Bonchev–Trinajstić information content (AvgIpc) is 2.60. The Balaban J connectivity index is 2.37. The molecular weight excluding hydrogens is 244 g/mol. The van der Waals surface area contributed by atoms with Crippen LogP contribution in [0.4, 0.5) is 4.39 Å². The number of nitrogens with zero attached hydrogens (tertiary/aromatic N) is 1. The van der Waals surface area contributed by atoms with Crippen LogP contribution in [0.1, 0.15) is 17.2 Å². The highest BCUT2D eigenvalue weighted by atomic mass is 127. The number of alkyl halides is 1. The number of halogens is 2. The van der Waals surface area contributed by atoms with Gasteiger partial charge in [0.2, 0.25) is 0 Å². The SMILES string of the molecule is FC[C@H]1c2ccc(I)nc21. The van der Waals surface area contributed by atoms with Crippen LogP contribution < -0.4 is 0 Å². The van der Waals surface area contributed by atoms with Crippen molar-refractivity contribution in [2.45, 2.75) is 5.92 Å². The van der Waals surface area contributed by atoms with Crippen molar-refractivity contribution in [3.05, 3.63) is 27.1 Å². The second-order valence-corrected chi connectivity index (χ2v) is 3.42. The molecule has 1 nitrogen and oxygen atoms in total. The Morgan fingerprint density at radius 2 is 2.40 bits per heavy atom. The first-order valence-electron chi connectivity index (χ1n) is 3.05. The van der Waals surface area contributed by atoms with Crippen molar-refractivity contribution in [2.24, 2.45) is 0 Å². The molecule has 0 N–H and O–H groups in total. The summed E-state index contributed by atoms with van der Waals surface area (Å²) in [5.74, 6) is 0.0310. The number of hydrogen-bond acceptors (Lipinski definition) is 1. The molecule has 1 heterocycles. The van der Waals surface area contributed by atoms with Gasteiger partial charge in [-0.1, -0.05) is 6.07 Å². The molecule has 1 aliphatic carbocycles. The van der Waals surface area contributed by atoms with E-state index >= 15 is 0 Å². The molecule has 1 aromatic rings. The van der Waals surface area contributed by atoms with Gasteiger partial charge in [-0.3, -0.25) is 4.39 Å². The van der Waals surface area contributed by atoms with Gasteiger partial charge in [0, 0.05) is 0 Å². The first-order chi connectivity index (χ1) is 4.83. The fourth-order valence-corrected chi connectivity index (χ4v) is 1.53. The molecule has 0 amide bonds. The normalized spacial score (nSPS) is 20.4. The molecule has 0 bridgehead atoms. The molecule has 0 unspecified atom stereocenters. The van der Waals surface area contributed by atoms with E-state index < -0.39 is 0 Å². The highest BCUT2D eigenvalue weighted by Crippen LogP contribution is 2.41. The summed E-state index contributed by atoms with van der Waals surface area (Å²) in [4.78, 5) is 4.17. The molecule has 0 aromatic carbocycles. The van der Waals surface area contributed by atoms with E-state index in [9.17, 15) is 4.39 Å². The van der Waals surface area contributed by atoms with Gasteiger partial charge in [0.15, 0.2) is 0 Å². The average molecular weight is 249 g/mol. The Kier molecular flexibility index (Phi) is 1.40. The molecule has 2 rings (SSSR count). The summed E-state index contributed by atoms with van der Waals surface area (Å²) in [5, 5.41) is 0. The zero-order valence-electron chi connectivity index (χ0n) is 5.14. The standard InChI is InChI=1S/C7H5FIN/c8-3-5-4-1-2-6(9)10-7(4)5/h1-2,5H,3H2/t5-/m0/s1. The molecule has 10 heavy (non-hydrogen) atoms. The highest BCUT2D eigenvalue weighted by Gasteiger charge is 2.34. The first-order valence-corrected chi connectivity index (χ1v) is 4.13. The predicted molar refractivity (Wildman–Crippen MR) is 44.8 cm³/mol. The van der Waals surface area contributed by atoms with E-state index in [1.807, 2.05) is 12.1 Å². The van der Waals surface area contributed by atoms with E-state index in [0.29, 0.717) is 0 Å². The number of pyridine rings is 1. The van der Waals surface area contributed by atoms with E-state index in [1.54, 1.807) is 0 Å². The number of hydrogen-bond donors (Lipinski definition) is 0. The van der Waals surface area contributed by atoms with Crippen LogP contribution in [0, 0.1) is 3.70 Å². The van der Waals surface area contributed by atoms with Gasteiger partial charge < -0.3 is 0 Å². The Morgan fingerprint density at radius 3 is 3.00 bits per heavy atom. The molecule has 3 heteroatoms. The quantitative estimate of drug-likeness (QED) is 0.548. The van der Waals surface area contributed by atoms with E-state index in [-0.39, 0.29) is 12.6 Å². The minimum absolute atomic E-state index is 0.0310. The van der Waals surface area contributed by atoms with Crippen LogP contribution in [-0.2, 0) is 0 Å². The first kappa shape index (κ1) is 6.52. The molecule has 0 aliphatic heterocycles. The number of aromatic nitrogens is 1. The van der Waals surface area contributed by atoms with Gasteiger partial charge in [-0.25, -0.2) is 4.98 Å². The minimum atomic E-state index is -0.289. The molecular formula is C7H5FIN. The van der Waals surface area contributed by atoms with Crippen LogP contribution in [0.25, 0.3) is 0 Å². The van der Waals surface area contributed by atoms with Crippen molar-refractivity contribution in [1.82, 2.24) is 4.98 Å². The van der Waals surface area contributed by atoms with Crippen molar-refractivity contribution in [3.63, 3.8) is 0 Å². The van der Waals surface area contributed by atoms with Crippen LogP contribution in [0.2, 0.25) is 0 Å². The van der Waals surface area contributed by atoms with Crippen molar-refractivity contribution in [3.8, 4) is 0 Å². The topological polar surface area (TPSA) is 12.9 Å². The predicted octanol–water partition coefficient (Wildman–Crippen LogP) is 2.10. The third-order valence-electron chi connectivity index (χ3n) is 1.70. The van der Waals surface area contributed by atoms with Crippen LogP contribution in [0.15, 0.2) is 12.1 Å². The lowest BCUT2D eigenvalue weighted by Crippen LogP contribution is -1.77. The third-order valence-corrected chi connectivity index (χ3v) is 2.30. The Morgan fingerprint density at radius 1 is 1.60 bits per heavy atom. The smallest absolute Gasteiger partial charge is 0.102 e. The summed E-state index contributed by atoms with van der Waals surface area (Å²) in [6.07, 6.45) is 0. The van der Waals surface area contributed by atoms with Crippen molar-refractivity contribution in [1.29, 1.82) is 0 Å². The maximum Gasteiger partial charge on any atom is 0.102 e. The van der Waals surface area contributed by atoms with Crippen LogP contribution in [0.5, 0.6) is 0 Å². The molecule has 1 aromatic heterocycles. The Bertz CT molecular complexity index is 274. The van der Waals surface area contributed by atoms with Crippen molar-refractivity contribution in [2.75, 3.05) is 6.67 Å². The maximum atomic E-state index is 12.1. The molecule has 0 radical (unpaired) electrons. The summed E-state index contributed by atoms with van der Waals surface area (Å²) >= 11 is 2.13. The van der Waals surface area contributed by atoms with Crippen molar-refractivity contribution < 1.29 is 4.39 Å². The van der Waals surface area contributed by atoms with Gasteiger partial charge in [-0.05, 0) is 34.2 Å². The lowest BCUT2D eigenvalue weighted by molar-refractivity contribution is 0.487. The molecule has 1 atom stereocenters. The van der Waals surface area contributed by atoms with Crippen LogP contribution >= 0.6 is 22.6 Å². The van der Waals surface area contributed by atoms with Gasteiger partial charge in [0.1, 0.15) is 10.4 Å². The summed E-state index contributed by atoms with van der Waals surface area (Å²) < 4.78 is 13.0. The number of fused-ring (bicyclic) bond motifs is 1. The Hall–Kier alpha value is -0.190. The lowest BCUT2D eigenvalue weighted by Gasteiger charge is -1.80. The molecule has 1 aliphatic rings. The molecule has 52 valence electrons. The Labute approximate surface area is 71.8 Å². The van der Waals surface area contributed by atoms with Crippen molar-refractivity contribution >= 4 is 22.6 Å². The van der Waals surface area contributed by atoms with Gasteiger partial charge in [-0.2, -0.15) is 0 Å². The fourth-order valence-electron chi connectivity index (χ4n) is 1.09. The van der Waals surface area contributed by atoms with E-state index in [4.69, 9.17) is 0 Å². The third kappa shape index (κ3) is 0.836. The molecule has 0 spiro atoms. The molecule has 0 saturated carbocycles. The maximum absolute atomic E-state index is 12.1. The summed E-state index contributed by atoms with van der Waals surface area (Å²) in [6.45, 7) is -0.289. The van der Waals surface area contributed by atoms with Crippen LogP contribution in [0.3, 0.4) is 0 Å². The fraction of sp³-hybridized carbons (Fsp3) is 0.286. The summed E-state index contributed by atoms with van der Waals surface area (Å²) in [7, 11) is 0. The monoisotopic (exact) mass is 249 g/mol. The van der Waals surface area contributed by atoms with Gasteiger partial charge in [0.05, 0.1) is 11.6 Å². The zero-order chi connectivity index (χ0) is 7.14. The number of rotatable bonds is 1. The molecule has 0 fully saturated rings. The summed E-state index contributed by atoms with van der Waals surface area (Å²) in [6, 6.07) is 3.86. The zero-order valence-corrected chi connectivity index (χ0v) is 7.30. The second kappa shape index (κ2) is 2.15. The lowest BCUT2D eigenvalue weighted by atomic mass is 10.4. The molecule has 0 saturated heterocycles. The largest absolute Gasteiger partial charge is 0.250 e. The van der Waals surface area contributed by atoms with E-state index in [2.05, 4.69) is 27.6 Å². The van der Waals surface area contributed by atoms with Gasteiger partial charge >= 0.3 is 0 Å². The van der Waals surface area contributed by atoms with Gasteiger partial charge in [-0.15, -0.1) is 0 Å². The highest BCUT2D eigenvalue weighted by molar-refractivity contribution is 14.1. The second-order valence-electron chi connectivity index (χ2n) is 2.32. The van der Waals surface area contributed by atoms with E-state index in [0.717, 1.165) is 15.0 Å². The minimum Gasteiger partial charge on any atom is -0.250 e. The van der Waals surface area contributed by atoms with Gasteiger partial charge in [0.25, 0.3) is 0 Å². The summed E-state index contributed by atoms with van der Waals surface area (Å²) in [5.41, 5.74) is 2.04.